The first kappa shape index (κ1) is 15.4. The van der Waals surface area contributed by atoms with E-state index in [4.69, 9.17) is 21.7 Å². The number of carboxylic acids is 2. The number of nitrogen functional groups attached to an aromatic ring is 1. The van der Waals surface area contributed by atoms with E-state index in [1.807, 2.05) is 18.2 Å². The van der Waals surface area contributed by atoms with E-state index in [9.17, 15) is 9.59 Å². The van der Waals surface area contributed by atoms with Crippen LogP contribution in [0, 0.1) is 5.41 Å². The molecule has 114 valence electrons. The van der Waals surface area contributed by atoms with Gasteiger partial charge in [0.25, 0.3) is 0 Å². The zero-order valence-electron chi connectivity index (χ0n) is 11.7. The smallest absolute Gasteiger partial charge is 0.325 e. The molecule has 22 heavy (non-hydrogen) atoms. The maximum Gasteiger partial charge on any atom is 0.325 e. The number of para-hydroxylation sites is 1. The molecule has 1 aromatic rings. The largest absolute Gasteiger partial charge is 0.480 e. The van der Waals surface area contributed by atoms with Gasteiger partial charge in [-0.2, -0.15) is 0 Å². The molecule has 0 fully saturated rings. The molecule has 6 nitrogen and oxygen atoms in total. The van der Waals surface area contributed by atoms with Crippen molar-refractivity contribution in [1.82, 2.24) is 0 Å². The highest BCUT2D eigenvalue weighted by Crippen LogP contribution is 2.34. The summed E-state index contributed by atoms with van der Waals surface area (Å²) < 4.78 is 0. The summed E-state index contributed by atoms with van der Waals surface area (Å²) >= 11 is 0. The SMILES string of the molecule is NC1=C(C=Cc2ccccc2N)C=CC(C(=O)O)(C(=O)O)C1. The summed E-state index contributed by atoms with van der Waals surface area (Å²) in [5, 5.41) is 18.3. The van der Waals surface area contributed by atoms with Gasteiger partial charge in [0.2, 0.25) is 0 Å². The van der Waals surface area contributed by atoms with Gasteiger partial charge in [0.1, 0.15) is 0 Å². The first-order valence-electron chi connectivity index (χ1n) is 6.54. The lowest BCUT2D eigenvalue weighted by Crippen LogP contribution is -2.40. The Morgan fingerprint density at radius 3 is 2.27 bits per heavy atom. The fourth-order valence-corrected chi connectivity index (χ4v) is 2.19. The Hall–Kier alpha value is -3.02. The summed E-state index contributed by atoms with van der Waals surface area (Å²) in [6, 6.07) is 7.24. The number of anilines is 1. The molecular formula is C16H16N2O4. The Morgan fingerprint density at radius 1 is 1.09 bits per heavy atom. The number of allylic oxidation sites excluding steroid dienone is 4. The van der Waals surface area contributed by atoms with E-state index in [1.165, 1.54) is 6.08 Å². The summed E-state index contributed by atoms with van der Waals surface area (Å²) in [7, 11) is 0. The topological polar surface area (TPSA) is 127 Å². The van der Waals surface area contributed by atoms with E-state index in [0.29, 0.717) is 11.3 Å². The molecule has 1 aromatic carbocycles. The molecule has 0 atom stereocenters. The van der Waals surface area contributed by atoms with Crippen molar-refractivity contribution in [2.45, 2.75) is 6.42 Å². The molecule has 0 spiro atoms. The lowest BCUT2D eigenvalue weighted by molar-refractivity contribution is -0.160. The molecule has 6 N–H and O–H groups in total. The van der Waals surface area contributed by atoms with Gasteiger partial charge in [0, 0.05) is 17.8 Å². The molecule has 0 unspecified atom stereocenters. The van der Waals surface area contributed by atoms with Gasteiger partial charge in [-0.3, -0.25) is 9.59 Å². The van der Waals surface area contributed by atoms with Crippen LogP contribution in [0.15, 0.2) is 53.8 Å². The van der Waals surface area contributed by atoms with Crippen molar-refractivity contribution in [1.29, 1.82) is 0 Å². The van der Waals surface area contributed by atoms with Crippen LogP contribution in [0.1, 0.15) is 12.0 Å². The number of rotatable bonds is 4. The van der Waals surface area contributed by atoms with Crippen molar-refractivity contribution >= 4 is 23.7 Å². The molecular weight excluding hydrogens is 284 g/mol. The number of benzene rings is 1. The second-order valence-corrected chi connectivity index (χ2v) is 5.03. The summed E-state index contributed by atoms with van der Waals surface area (Å²) in [6.07, 6.45) is 5.72. The Balaban J connectivity index is 2.29. The maximum absolute atomic E-state index is 11.2. The van der Waals surface area contributed by atoms with Crippen LogP contribution in [0.25, 0.3) is 6.08 Å². The molecule has 0 aliphatic heterocycles. The van der Waals surface area contributed by atoms with Crippen molar-refractivity contribution in [2.24, 2.45) is 11.1 Å². The molecule has 0 bridgehead atoms. The van der Waals surface area contributed by atoms with Crippen LogP contribution in [-0.4, -0.2) is 22.2 Å². The van der Waals surface area contributed by atoms with E-state index < -0.39 is 17.4 Å². The van der Waals surface area contributed by atoms with Crippen LogP contribution >= 0.6 is 0 Å². The van der Waals surface area contributed by atoms with Crippen LogP contribution in [0.2, 0.25) is 0 Å². The highest BCUT2D eigenvalue weighted by Gasteiger charge is 2.46. The van der Waals surface area contributed by atoms with Crippen molar-refractivity contribution in [3.8, 4) is 0 Å². The predicted molar refractivity (Wildman–Crippen MR) is 82.6 cm³/mol. The molecule has 0 heterocycles. The average molecular weight is 300 g/mol. The summed E-state index contributed by atoms with van der Waals surface area (Å²) in [4.78, 5) is 22.5. The van der Waals surface area contributed by atoms with Crippen molar-refractivity contribution in [3.05, 3.63) is 59.3 Å². The van der Waals surface area contributed by atoms with Gasteiger partial charge in [-0.15, -0.1) is 0 Å². The number of carbonyl (C=O) groups is 2. The summed E-state index contributed by atoms with van der Waals surface area (Å²) in [5.41, 5.74) is 11.8. The number of nitrogens with two attached hydrogens (primary N) is 2. The normalized spacial score (nSPS) is 16.9. The summed E-state index contributed by atoms with van der Waals surface area (Å²) in [5.74, 6) is -2.87. The Labute approximate surface area is 127 Å². The molecule has 0 amide bonds. The maximum atomic E-state index is 11.2. The lowest BCUT2D eigenvalue weighted by atomic mass is 9.78. The molecule has 6 heteroatoms. The first-order valence-corrected chi connectivity index (χ1v) is 6.54. The standard InChI is InChI=1S/C16H16N2O4/c17-12-4-2-1-3-10(12)5-6-11-7-8-16(14(19)20,15(21)22)9-13(11)18/h1-8H,9,17-18H2,(H,19,20)(H,21,22). The second kappa shape index (κ2) is 5.77. The molecule has 1 aliphatic carbocycles. The van der Waals surface area contributed by atoms with Crippen LogP contribution in [0.4, 0.5) is 5.69 Å². The lowest BCUT2D eigenvalue weighted by Gasteiger charge is -2.25. The summed E-state index contributed by atoms with van der Waals surface area (Å²) in [6.45, 7) is 0. The third-order valence-corrected chi connectivity index (χ3v) is 3.59. The van der Waals surface area contributed by atoms with Crippen LogP contribution in [-0.2, 0) is 9.59 Å². The highest BCUT2D eigenvalue weighted by molar-refractivity contribution is 6.01. The minimum absolute atomic E-state index is 0.207. The van der Waals surface area contributed by atoms with E-state index in [2.05, 4.69) is 0 Å². The third kappa shape index (κ3) is 2.71. The minimum Gasteiger partial charge on any atom is -0.480 e. The molecule has 0 saturated heterocycles. The third-order valence-electron chi connectivity index (χ3n) is 3.59. The number of carboxylic acid groups (broad SMARTS) is 2. The van der Waals surface area contributed by atoms with Gasteiger partial charge in [-0.25, -0.2) is 0 Å². The van der Waals surface area contributed by atoms with Gasteiger partial charge >= 0.3 is 11.9 Å². The van der Waals surface area contributed by atoms with Crippen LogP contribution in [0.5, 0.6) is 0 Å². The zero-order valence-corrected chi connectivity index (χ0v) is 11.7. The van der Waals surface area contributed by atoms with Crippen LogP contribution in [0.3, 0.4) is 0 Å². The fourth-order valence-electron chi connectivity index (χ4n) is 2.19. The monoisotopic (exact) mass is 300 g/mol. The average Bonchev–Trinajstić information content (AvgIpc) is 2.47. The van der Waals surface area contributed by atoms with E-state index in [1.54, 1.807) is 18.2 Å². The fraction of sp³-hybridized carbons (Fsp3) is 0.125. The quantitative estimate of drug-likeness (QED) is 0.494. The molecule has 1 aliphatic rings. The number of hydrogen-bond donors (Lipinski definition) is 4. The first-order chi connectivity index (χ1) is 10.4. The van der Waals surface area contributed by atoms with Gasteiger partial charge < -0.3 is 21.7 Å². The van der Waals surface area contributed by atoms with E-state index >= 15 is 0 Å². The second-order valence-electron chi connectivity index (χ2n) is 5.03. The van der Waals surface area contributed by atoms with Crippen molar-refractivity contribution in [3.63, 3.8) is 0 Å². The molecule has 0 radical (unpaired) electrons. The Bertz CT molecular complexity index is 703. The number of hydrogen-bond acceptors (Lipinski definition) is 4. The Morgan fingerprint density at radius 2 is 1.73 bits per heavy atom. The Kier molecular flexibility index (Phi) is 4.03. The molecule has 0 aromatic heterocycles. The molecule has 2 rings (SSSR count). The predicted octanol–water partition coefficient (Wildman–Crippen LogP) is 1.61. The van der Waals surface area contributed by atoms with E-state index in [-0.39, 0.29) is 12.1 Å². The number of aliphatic carboxylic acids is 2. The van der Waals surface area contributed by atoms with E-state index in [0.717, 1.165) is 11.6 Å². The van der Waals surface area contributed by atoms with Gasteiger partial charge in [-0.05, 0) is 17.2 Å². The van der Waals surface area contributed by atoms with Gasteiger partial charge in [0.15, 0.2) is 5.41 Å². The van der Waals surface area contributed by atoms with Crippen LogP contribution < -0.4 is 11.5 Å². The van der Waals surface area contributed by atoms with Gasteiger partial charge in [-0.1, -0.05) is 42.5 Å². The van der Waals surface area contributed by atoms with Crippen molar-refractivity contribution < 1.29 is 19.8 Å². The molecule has 0 saturated carbocycles. The minimum atomic E-state index is -2.01. The zero-order chi connectivity index (χ0) is 16.3. The highest BCUT2D eigenvalue weighted by atomic mass is 16.4. The van der Waals surface area contributed by atoms with Crippen molar-refractivity contribution in [2.75, 3.05) is 5.73 Å². The van der Waals surface area contributed by atoms with Gasteiger partial charge in [0.05, 0.1) is 0 Å².